The van der Waals surface area contributed by atoms with Gasteiger partial charge in [0.25, 0.3) is 0 Å². The molecule has 0 aliphatic heterocycles. The van der Waals surface area contributed by atoms with Gasteiger partial charge in [-0.25, -0.2) is 13.8 Å². The number of halogens is 4. The molecule has 0 radical (unpaired) electrons. The second-order valence-electron chi connectivity index (χ2n) is 3.93. The van der Waals surface area contributed by atoms with E-state index in [-0.39, 0.29) is 16.5 Å². The second-order valence-corrected chi connectivity index (χ2v) is 4.74. The van der Waals surface area contributed by atoms with Gasteiger partial charge in [-0.1, -0.05) is 23.2 Å². The van der Waals surface area contributed by atoms with Crippen LogP contribution in [0.5, 0.6) is 0 Å². The molecular formula is C13H11Cl2F2N3. The number of nitrogens with zero attached hydrogens (tertiary/aromatic N) is 1. The number of rotatable bonds is 4. The summed E-state index contributed by atoms with van der Waals surface area (Å²) >= 11 is 12.0. The fourth-order valence-corrected chi connectivity index (χ4v) is 2.04. The highest BCUT2D eigenvalue weighted by Crippen LogP contribution is 2.31. The lowest BCUT2D eigenvalue weighted by Crippen LogP contribution is -2.04. The average molecular weight is 318 g/mol. The van der Waals surface area contributed by atoms with Crippen LogP contribution in [-0.2, 0) is 0 Å². The fourth-order valence-electron chi connectivity index (χ4n) is 1.56. The SMILES string of the molecule is CCNc1nc(Nc2ccc(F)cc2F)c(Cl)cc1Cl. The van der Waals surface area contributed by atoms with Crippen molar-refractivity contribution in [2.45, 2.75) is 6.92 Å². The highest BCUT2D eigenvalue weighted by Gasteiger charge is 2.11. The van der Waals surface area contributed by atoms with E-state index in [0.717, 1.165) is 12.1 Å². The highest BCUT2D eigenvalue weighted by molar-refractivity contribution is 6.37. The number of aromatic nitrogens is 1. The molecule has 3 nitrogen and oxygen atoms in total. The van der Waals surface area contributed by atoms with Crippen LogP contribution in [0.1, 0.15) is 6.92 Å². The molecule has 2 N–H and O–H groups in total. The highest BCUT2D eigenvalue weighted by atomic mass is 35.5. The van der Waals surface area contributed by atoms with E-state index in [9.17, 15) is 8.78 Å². The maximum Gasteiger partial charge on any atom is 0.151 e. The van der Waals surface area contributed by atoms with Crippen molar-refractivity contribution in [3.63, 3.8) is 0 Å². The molecule has 0 amide bonds. The summed E-state index contributed by atoms with van der Waals surface area (Å²) in [6.07, 6.45) is 0. The summed E-state index contributed by atoms with van der Waals surface area (Å²) in [6, 6.07) is 4.68. The lowest BCUT2D eigenvalue weighted by molar-refractivity contribution is 0.586. The molecule has 0 fully saturated rings. The minimum absolute atomic E-state index is 0.0746. The molecular weight excluding hydrogens is 307 g/mol. The molecule has 1 heterocycles. The van der Waals surface area contributed by atoms with Crippen LogP contribution in [0.4, 0.5) is 26.1 Å². The molecule has 0 saturated heterocycles. The lowest BCUT2D eigenvalue weighted by Gasteiger charge is -2.12. The summed E-state index contributed by atoms with van der Waals surface area (Å²) in [5.41, 5.74) is 0.0746. The van der Waals surface area contributed by atoms with Gasteiger partial charge >= 0.3 is 0 Å². The first-order chi connectivity index (χ1) is 9.51. The standard InChI is InChI=1S/C13H11Cl2F2N3/c1-2-18-12-8(14)6-9(15)13(20-12)19-11-4-3-7(16)5-10(11)17/h3-6H,2H2,1H3,(H2,18,19,20). The molecule has 1 aromatic carbocycles. The van der Waals surface area contributed by atoms with Gasteiger partial charge in [0.15, 0.2) is 5.82 Å². The summed E-state index contributed by atoms with van der Waals surface area (Å²) in [4.78, 5) is 4.17. The predicted octanol–water partition coefficient (Wildman–Crippen LogP) is 4.84. The van der Waals surface area contributed by atoms with Crippen molar-refractivity contribution in [1.82, 2.24) is 4.98 Å². The average Bonchev–Trinajstić information content (AvgIpc) is 2.38. The molecule has 0 unspecified atom stereocenters. The topological polar surface area (TPSA) is 37.0 Å². The second kappa shape index (κ2) is 6.24. The van der Waals surface area contributed by atoms with Gasteiger partial charge in [0.2, 0.25) is 0 Å². The molecule has 0 saturated carbocycles. The minimum atomic E-state index is -0.734. The van der Waals surface area contributed by atoms with Crippen molar-refractivity contribution in [1.29, 1.82) is 0 Å². The van der Waals surface area contributed by atoms with Crippen molar-refractivity contribution in [2.24, 2.45) is 0 Å². The fraction of sp³-hybridized carbons (Fsp3) is 0.154. The summed E-state index contributed by atoms with van der Waals surface area (Å²) in [6.45, 7) is 2.51. The van der Waals surface area contributed by atoms with Crippen molar-refractivity contribution in [2.75, 3.05) is 17.2 Å². The third kappa shape index (κ3) is 3.29. The van der Waals surface area contributed by atoms with Crippen molar-refractivity contribution < 1.29 is 8.78 Å². The molecule has 1 aromatic heterocycles. The van der Waals surface area contributed by atoms with E-state index in [1.165, 1.54) is 12.1 Å². The first-order valence-electron chi connectivity index (χ1n) is 5.83. The Hall–Kier alpha value is -1.59. The number of hydrogen-bond acceptors (Lipinski definition) is 3. The van der Waals surface area contributed by atoms with Gasteiger partial charge in [-0.3, -0.25) is 0 Å². The summed E-state index contributed by atoms with van der Waals surface area (Å²) in [5.74, 6) is -0.722. The van der Waals surface area contributed by atoms with Gasteiger partial charge in [0, 0.05) is 12.6 Å². The zero-order chi connectivity index (χ0) is 14.7. The van der Waals surface area contributed by atoms with E-state index in [1.807, 2.05) is 6.92 Å². The third-order valence-corrected chi connectivity index (χ3v) is 3.03. The van der Waals surface area contributed by atoms with E-state index >= 15 is 0 Å². The number of hydrogen-bond donors (Lipinski definition) is 2. The molecule has 106 valence electrons. The minimum Gasteiger partial charge on any atom is -0.369 e. The Bertz CT molecular complexity index is 635. The Kier molecular flexibility index (Phi) is 4.62. The normalized spacial score (nSPS) is 10.4. The van der Waals surface area contributed by atoms with Crippen LogP contribution in [0.25, 0.3) is 0 Å². The molecule has 0 aliphatic rings. The first kappa shape index (κ1) is 14.8. The summed E-state index contributed by atoms with van der Waals surface area (Å²) in [7, 11) is 0. The Morgan fingerprint density at radius 2 is 1.80 bits per heavy atom. The molecule has 7 heteroatoms. The lowest BCUT2D eigenvalue weighted by atomic mass is 10.3. The number of benzene rings is 1. The van der Waals surface area contributed by atoms with E-state index in [0.29, 0.717) is 17.4 Å². The summed E-state index contributed by atoms with van der Waals surface area (Å²) < 4.78 is 26.4. The largest absolute Gasteiger partial charge is 0.369 e. The van der Waals surface area contributed by atoms with Crippen molar-refractivity contribution in [3.8, 4) is 0 Å². The third-order valence-electron chi connectivity index (χ3n) is 2.46. The van der Waals surface area contributed by atoms with E-state index in [2.05, 4.69) is 15.6 Å². The predicted molar refractivity (Wildman–Crippen MR) is 78.1 cm³/mol. The number of nitrogens with one attached hydrogen (secondary N) is 2. The van der Waals surface area contributed by atoms with Crippen LogP contribution in [0.2, 0.25) is 10.0 Å². The smallest absolute Gasteiger partial charge is 0.151 e. The molecule has 0 spiro atoms. The Labute approximate surface area is 124 Å². The van der Waals surface area contributed by atoms with Crippen molar-refractivity contribution >= 4 is 40.5 Å². The monoisotopic (exact) mass is 317 g/mol. The zero-order valence-electron chi connectivity index (χ0n) is 10.5. The molecule has 0 bridgehead atoms. The van der Waals surface area contributed by atoms with Crippen LogP contribution in [0.15, 0.2) is 24.3 Å². The van der Waals surface area contributed by atoms with E-state index in [1.54, 1.807) is 0 Å². The van der Waals surface area contributed by atoms with Gasteiger partial charge in [-0.2, -0.15) is 0 Å². The van der Waals surface area contributed by atoms with Gasteiger partial charge in [0.05, 0.1) is 15.7 Å². The number of anilines is 3. The zero-order valence-corrected chi connectivity index (χ0v) is 12.0. The van der Waals surface area contributed by atoms with Crippen LogP contribution in [-0.4, -0.2) is 11.5 Å². The molecule has 20 heavy (non-hydrogen) atoms. The molecule has 0 atom stereocenters. The molecule has 0 aliphatic carbocycles. The molecule has 2 rings (SSSR count). The number of pyridine rings is 1. The maximum absolute atomic E-state index is 13.6. The molecule has 2 aromatic rings. The van der Waals surface area contributed by atoms with E-state index in [4.69, 9.17) is 23.2 Å². The van der Waals surface area contributed by atoms with Crippen LogP contribution < -0.4 is 10.6 Å². The van der Waals surface area contributed by atoms with Crippen LogP contribution in [0.3, 0.4) is 0 Å². The van der Waals surface area contributed by atoms with Gasteiger partial charge in [-0.15, -0.1) is 0 Å². The van der Waals surface area contributed by atoms with Crippen LogP contribution in [0, 0.1) is 11.6 Å². The Morgan fingerprint density at radius 1 is 1.10 bits per heavy atom. The van der Waals surface area contributed by atoms with Crippen LogP contribution >= 0.6 is 23.2 Å². The Morgan fingerprint density at radius 3 is 2.45 bits per heavy atom. The van der Waals surface area contributed by atoms with E-state index < -0.39 is 11.6 Å². The maximum atomic E-state index is 13.6. The van der Waals surface area contributed by atoms with Gasteiger partial charge < -0.3 is 10.6 Å². The van der Waals surface area contributed by atoms with Gasteiger partial charge in [0.1, 0.15) is 17.5 Å². The van der Waals surface area contributed by atoms with Gasteiger partial charge in [-0.05, 0) is 25.1 Å². The quantitative estimate of drug-likeness (QED) is 0.847. The first-order valence-corrected chi connectivity index (χ1v) is 6.59. The summed E-state index contributed by atoms with van der Waals surface area (Å²) in [5, 5.41) is 6.27. The Balaban J connectivity index is 2.35. The van der Waals surface area contributed by atoms with Crippen molar-refractivity contribution in [3.05, 3.63) is 45.9 Å².